The lowest BCUT2D eigenvalue weighted by molar-refractivity contribution is -0.131. The molecule has 3 rings (SSSR count). The zero-order valence-electron chi connectivity index (χ0n) is 20.9. The monoisotopic (exact) mass is 527 g/mol. The summed E-state index contributed by atoms with van der Waals surface area (Å²) in [6.45, 7) is 5.85. The molecule has 37 heavy (non-hydrogen) atoms. The highest BCUT2D eigenvalue weighted by Gasteiger charge is 2.40. The van der Waals surface area contributed by atoms with E-state index in [1.54, 1.807) is 4.90 Å². The van der Waals surface area contributed by atoms with Gasteiger partial charge < -0.3 is 25.6 Å². The van der Waals surface area contributed by atoms with Gasteiger partial charge in [-0.3, -0.25) is 19.3 Å². The van der Waals surface area contributed by atoms with E-state index in [1.807, 2.05) is 43.3 Å². The Kier molecular flexibility index (Phi) is 11.0. The average molecular weight is 528 g/mol. The Morgan fingerprint density at radius 3 is 2.70 bits per heavy atom. The minimum absolute atomic E-state index is 0.00227. The molecule has 0 spiro atoms. The Morgan fingerprint density at radius 2 is 2.00 bits per heavy atom. The fourth-order valence-corrected chi connectivity index (χ4v) is 5.86. The van der Waals surface area contributed by atoms with E-state index in [2.05, 4.69) is 20.9 Å². The van der Waals surface area contributed by atoms with Crippen LogP contribution < -0.4 is 16.0 Å². The Hall–Kier alpha value is -3.32. The summed E-state index contributed by atoms with van der Waals surface area (Å²) >= 11 is 1.47. The summed E-state index contributed by atoms with van der Waals surface area (Å²) in [5, 5.41) is 26.2. The van der Waals surface area contributed by atoms with Gasteiger partial charge in [-0.05, 0) is 31.5 Å². The zero-order chi connectivity index (χ0) is 26.6. The fourth-order valence-electron chi connectivity index (χ4n) is 4.27. The normalized spacial score (nSPS) is 20.5. The molecule has 198 valence electrons. The van der Waals surface area contributed by atoms with E-state index in [9.17, 15) is 19.6 Å². The SMILES string of the molecule is CCN1C(=O)C(CCNc2cccc(NC(=O)CN3CCOCC3)c2)SC1CC(C#N)C(=O)NCC#N. The molecular weight excluding hydrogens is 494 g/mol. The standard InChI is InChI=1S/C25H33N7O4S/c1-2-32-23(14-18(16-27)24(34)29-9-7-26)37-21(25(32)35)6-8-28-19-4-3-5-20(15-19)30-22(33)17-31-10-12-36-13-11-31/h3-5,15,18,21,23,28H,2,6,8-14,17H2,1H3,(H,29,34)(H,30,33). The second-order valence-electron chi connectivity index (χ2n) is 8.73. The van der Waals surface area contributed by atoms with Gasteiger partial charge in [-0.2, -0.15) is 10.5 Å². The lowest BCUT2D eigenvalue weighted by atomic mass is 10.1. The number of benzene rings is 1. The third-order valence-corrected chi connectivity index (χ3v) is 7.70. The van der Waals surface area contributed by atoms with Crippen LogP contribution in [-0.2, 0) is 19.1 Å². The number of hydrogen-bond acceptors (Lipinski definition) is 9. The summed E-state index contributed by atoms with van der Waals surface area (Å²) in [6, 6.07) is 11.3. The van der Waals surface area contributed by atoms with Crippen LogP contribution in [0.1, 0.15) is 19.8 Å². The van der Waals surface area contributed by atoms with Crippen molar-refractivity contribution in [3.8, 4) is 12.1 Å². The van der Waals surface area contributed by atoms with Crippen LogP contribution in [0.15, 0.2) is 24.3 Å². The first-order valence-corrected chi connectivity index (χ1v) is 13.3. The number of rotatable bonds is 12. The number of nitrogens with zero attached hydrogens (tertiary/aromatic N) is 4. The molecule has 2 saturated heterocycles. The molecule has 0 bridgehead atoms. The number of thioether (sulfide) groups is 1. The molecule has 2 heterocycles. The highest BCUT2D eigenvalue weighted by molar-refractivity contribution is 8.01. The van der Waals surface area contributed by atoms with E-state index in [0.29, 0.717) is 45.0 Å². The molecule has 3 atom stereocenters. The number of carbonyl (C=O) groups excluding carboxylic acids is 3. The number of nitrogens with one attached hydrogen (secondary N) is 3. The van der Waals surface area contributed by atoms with Crippen LogP contribution in [0.25, 0.3) is 0 Å². The van der Waals surface area contributed by atoms with Gasteiger partial charge in [0.1, 0.15) is 12.5 Å². The Bertz CT molecular complexity index is 1030. The molecule has 2 aliphatic rings. The van der Waals surface area contributed by atoms with Gasteiger partial charge in [-0.25, -0.2) is 0 Å². The number of anilines is 2. The van der Waals surface area contributed by atoms with Crippen molar-refractivity contribution < 1.29 is 19.1 Å². The summed E-state index contributed by atoms with van der Waals surface area (Å²) in [6.07, 6.45) is 0.788. The number of ether oxygens (including phenoxy) is 1. The number of nitriles is 2. The molecule has 0 aromatic heterocycles. The average Bonchev–Trinajstić information content (AvgIpc) is 3.20. The van der Waals surface area contributed by atoms with E-state index in [4.69, 9.17) is 10.00 Å². The summed E-state index contributed by atoms with van der Waals surface area (Å²) in [4.78, 5) is 41.2. The summed E-state index contributed by atoms with van der Waals surface area (Å²) in [5.74, 6) is -1.49. The Balaban J connectivity index is 1.48. The highest BCUT2D eigenvalue weighted by Crippen LogP contribution is 2.37. The van der Waals surface area contributed by atoms with Crippen molar-refractivity contribution in [1.82, 2.24) is 15.1 Å². The molecule has 11 nitrogen and oxygen atoms in total. The fraction of sp³-hybridized carbons (Fsp3) is 0.560. The molecule has 12 heteroatoms. The van der Waals surface area contributed by atoms with Crippen molar-refractivity contribution in [1.29, 1.82) is 10.5 Å². The molecule has 2 fully saturated rings. The second kappa shape index (κ2) is 14.4. The maximum absolute atomic E-state index is 12.9. The Morgan fingerprint density at radius 1 is 1.24 bits per heavy atom. The quantitative estimate of drug-likeness (QED) is 0.341. The third kappa shape index (κ3) is 8.35. The smallest absolute Gasteiger partial charge is 0.238 e. The molecule has 0 aliphatic carbocycles. The first-order valence-electron chi connectivity index (χ1n) is 12.4. The first kappa shape index (κ1) is 28.3. The minimum atomic E-state index is -0.925. The number of amides is 3. The van der Waals surface area contributed by atoms with Crippen molar-refractivity contribution in [2.45, 2.75) is 30.4 Å². The predicted octanol–water partition coefficient (Wildman–Crippen LogP) is 1.22. The van der Waals surface area contributed by atoms with Crippen molar-refractivity contribution in [2.75, 3.05) is 63.1 Å². The van der Waals surface area contributed by atoms with Crippen LogP contribution in [-0.4, -0.2) is 90.6 Å². The van der Waals surface area contributed by atoms with Gasteiger partial charge in [0.25, 0.3) is 0 Å². The number of hydrogen-bond donors (Lipinski definition) is 3. The van der Waals surface area contributed by atoms with Gasteiger partial charge >= 0.3 is 0 Å². The summed E-state index contributed by atoms with van der Waals surface area (Å²) in [5.41, 5.74) is 1.53. The van der Waals surface area contributed by atoms with Crippen LogP contribution in [0, 0.1) is 28.6 Å². The molecule has 3 amide bonds. The Labute approximate surface area is 221 Å². The van der Waals surface area contributed by atoms with Gasteiger partial charge in [0.15, 0.2) is 0 Å². The predicted molar refractivity (Wildman–Crippen MR) is 140 cm³/mol. The van der Waals surface area contributed by atoms with Crippen LogP contribution in [0.3, 0.4) is 0 Å². The van der Waals surface area contributed by atoms with Gasteiger partial charge in [-0.1, -0.05) is 6.07 Å². The lowest BCUT2D eigenvalue weighted by Gasteiger charge is -2.25. The van der Waals surface area contributed by atoms with Crippen molar-refractivity contribution in [3.63, 3.8) is 0 Å². The molecule has 0 radical (unpaired) electrons. The minimum Gasteiger partial charge on any atom is -0.385 e. The van der Waals surface area contributed by atoms with E-state index < -0.39 is 11.8 Å². The van der Waals surface area contributed by atoms with E-state index in [-0.39, 0.29) is 35.4 Å². The van der Waals surface area contributed by atoms with Gasteiger partial charge in [0, 0.05) is 44.0 Å². The van der Waals surface area contributed by atoms with Crippen molar-refractivity contribution in [2.24, 2.45) is 5.92 Å². The topological polar surface area (TPSA) is 151 Å². The molecular formula is C25H33N7O4S. The van der Waals surface area contributed by atoms with Crippen molar-refractivity contribution >= 4 is 40.9 Å². The lowest BCUT2D eigenvalue weighted by Crippen LogP contribution is -2.41. The molecule has 3 unspecified atom stereocenters. The highest BCUT2D eigenvalue weighted by atomic mass is 32.2. The summed E-state index contributed by atoms with van der Waals surface area (Å²) in [7, 11) is 0. The third-order valence-electron chi connectivity index (χ3n) is 6.17. The van der Waals surface area contributed by atoms with Gasteiger partial charge in [-0.15, -0.1) is 11.8 Å². The maximum Gasteiger partial charge on any atom is 0.238 e. The first-order chi connectivity index (χ1) is 17.9. The van der Waals surface area contributed by atoms with Crippen LogP contribution >= 0.6 is 11.8 Å². The largest absolute Gasteiger partial charge is 0.385 e. The van der Waals surface area contributed by atoms with E-state index in [1.165, 1.54) is 11.8 Å². The van der Waals surface area contributed by atoms with Crippen LogP contribution in [0.2, 0.25) is 0 Å². The molecule has 0 saturated carbocycles. The van der Waals surface area contributed by atoms with E-state index in [0.717, 1.165) is 18.8 Å². The van der Waals surface area contributed by atoms with Crippen LogP contribution in [0.5, 0.6) is 0 Å². The van der Waals surface area contributed by atoms with Gasteiger partial charge in [0.2, 0.25) is 17.7 Å². The van der Waals surface area contributed by atoms with Gasteiger partial charge in [0.05, 0.1) is 42.5 Å². The zero-order valence-corrected chi connectivity index (χ0v) is 21.8. The van der Waals surface area contributed by atoms with Crippen LogP contribution in [0.4, 0.5) is 11.4 Å². The molecule has 2 aliphatic heterocycles. The second-order valence-corrected chi connectivity index (χ2v) is 10.1. The molecule has 3 N–H and O–H groups in total. The molecule has 1 aromatic carbocycles. The summed E-state index contributed by atoms with van der Waals surface area (Å²) < 4.78 is 5.31. The molecule has 1 aromatic rings. The maximum atomic E-state index is 12.9. The number of morpholine rings is 1. The number of carbonyl (C=O) groups is 3. The van der Waals surface area contributed by atoms with Crippen molar-refractivity contribution in [3.05, 3.63) is 24.3 Å². The van der Waals surface area contributed by atoms with E-state index >= 15 is 0 Å².